The number of benzene rings is 2. The van der Waals surface area contributed by atoms with Crippen LogP contribution in [0.2, 0.25) is 5.02 Å². The molecular formula is C18H15ClFN5O2. The number of aromatic nitrogens is 2. The Balaban J connectivity index is 1.76. The molecule has 1 heterocycles. The minimum atomic E-state index is -0.544. The van der Waals surface area contributed by atoms with Gasteiger partial charge in [-0.3, -0.25) is 10.1 Å². The smallest absolute Gasteiger partial charge is 0.353 e. The Hall–Kier alpha value is -3.26. The molecule has 9 heteroatoms. The predicted octanol–water partition coefficient (Wildman–Crippen LogP) is 4.40. The molecule has 0 aliphatic rings. The highest BCUT2D eigenvalue weighted by Crippen LogP contribution is 2.29. The summed E-state index contributed by atoms with van der Waals surface area (Å²) in [5, 5.41) is 18.0. The van der Waals surface area contributed by atoms with E-state index in [0.29, 0.717) is 11.6 Å². The topological polar surface area (TPSA) is 93.0 Å². The lowest BCUT2D eigenvalue weighted by atomic mass is 10.2. The van der Waals surface area contributed by atoms with Gasteiger partial charge in [0.2, 0.25) is 11.6 Å². The van der Waals surface area contributed by atoms with Crippen LogP contribution in [-0.2, 0) is 13.1 Å². The van der Waals surface area contributed by atoms with Crippen LogP contribution < -0.4 is 10.6 Å². The molecule has 0 saturated carbocycles. The molecule has 2 aromatic carbocycles. The van der Waals surface area contributed by atoms with Crippen molar-refractivity contribution in [3.63, 3.8) is 0 Å². The van der Waals surface area contributed by atoms with Crippen LogP contribution in [0, 0.1) is 15.9 Å². The maximum atomic E-state index is 13.0. The number of anilines is 2. The van der Waals surface area contributed by atoms with Crippen LogP contribution in [0.4, 0.5) is 21.7 Å². The quantitative estimate of drug-likeness (QED) is 0.461. The van der Waals surface area contributed by atoms with E-state index < -0.39 is 4.92 Å². The van der Waals surface area contributed by atoms with Crippen molar-refractivity contribution in [3.8, 4) is 0 Å². The highest BCUT2D eigenvalue weighted by Gasteiger charge is 2.22. The summed E-state index contributed by atoms with van der Waals surface area (Å²) in [5.74, 6) is -0.162. The fourth-order valence-corrected chi connectivity index (χ4v) is 2.51. The van der Waals surface area contributed by atoms with Gasteiger partial charge in [0.25, 0.3) is 0 Å². The molecule has 3 aromatic rings. The van der Waals surface area contributed by atoms with Crippen molar-refractivity contribution in [1.29, 1.82) is 0 Å². The second kappa shape index (κ2) is 8.41. The molecule has 2 N–H and O–H groups in total. The molecule has 3 rings (SSSR count). The van der Waals surface area contributed by atoms with Crippen LogP contribution in [-0.4, -0.2) is 14.9 Å². The highest BCUT2D eigenvalue weighted by molar-refractivity contribution is 6.30. The first-order chi connectivity index (χ1) is 13.0. The molecule has 138 valence electrons. The molecule has 1 aromatic heterocycles. The third kappa shape index (κ3) is 4.89. The van der Waals surface area contributed by atoms with Gasteiger partial charge >= 0.3 is 5.69 Å². The van der Waals surface area contributed by atoms with Crippen LogP contribution in [0.1, 0.15) is 11.1 Å². The Morgan fingerprint density at radius 1 is 0.926 bits per heavy atom. The standard InChI is InChI=1S/C18H15ClFN5O2/c19-14-5-1-12(2-6-14)9-21-17-16(25(26)27)18(24-11-23-17)22-10-13-3-7-15(20)8-4-13/h1-8,11H,9-10H2,(H2,21,22,23,24). The van der Waals surface area contributed by atoms with E-state index >= 15 is 0 Å². The zero-order chi connectivity index (χ0) is 19.2. The van der Waals surface area contributed by atoms with Crippen molar-refractivity contribution in [1.82, 2.24) is 9.97 Å². The number of nitrogens with zero attached hydrogens (tertiary/aromatic N) is 3. The normalized spacial score (nSPS) is 10.4. The average Bonchev–Trinajstić information content (AvgIpc) is 2.67. The maximum Gasteiger partial charge on any atom is 0.353 e. The minimum Gasteiger partial charge on any atom is -0.360 e. The van der Waals surface area contributed by atoms with Gasteiger partial charge in [0.15, 0.2) is 0 Å². The number of halogens is 2. The fraction of sp³-hybridized carbons (Fsp3) is 0.111. The first kappa shape index (κ1) is 18.5. The molecule has 0 bridgehead atoms. The largest absolute Gasteiger partial charge is 0.360 e. The monoisotopic (exact) mass is 387 g/mol. The lowest BCUT2D eigenvalue weighted by Crippen LogP contribution is -2.10. The molecule has 0 aliphatic heterocycles. The van der Waals surface area contributed by atoms with E-state index in [4.69, 9.17) is 11.6 Å². The second-order valence-corrected chi connectivity index (χ2v) is 6.07. The van der Waals surface area contributed by atoms with E-state index in [0.717, 1.165) is 11.1 Å². The van der Waals surface area contributed by atoms with Crippen molar-refractivity contribution in [2.45, 2.75) is 13.1 Å². The summed E-state index contributed by atoms with van der Waals surface area (Å²) in [5.41, 5.74) is 1.40. The zero-order valence-corrected chi connectivity index (χ0v) is 14.8. The Bertz CT molecular complexity index is 868. The molecule has 0 spiro atoms. The SMILES string of the molecule is O=[N+]([O-])c1c(NCc2ccc(F)cc2)ncnc1NCc1ccc(Cl)cc1. The van der Waals surface area contributed by atoms with Gasteiger partial charge < -0.3 is 10.6 Å². The number of rotatable bonds is 7. The molecule has 0 atom stereocenters. The third-order valence-corrected chi connectivity index (χ3v) is 4.00. The summed E-state index contributed by atoms with van der Waals surface area (Å²) in [6.07, 6.45) is 1.24. The summed E-state index contributed by atoms with van der Waals surface area (Å²) >= 11 is 5.85. The lowest BCUT2D eigenvalue weighted by Gasteiger charge is -2.10. The molecule has 7 nitrogen and oxygen atoms in total. The third-order valence-electron chi connectivity index (χ3n) is 3.75. The maximum absolute atomic E-state index is 13.0. The molecule has 0 fully saturated rings. The molecule has 0 saturated heterocycles. The molecule has 0 amide bonds. The first-order valence-corrected chi connectivity index (χ1v) is 8.37. The Kier molecular flexibility index (Phi) is 5.77. The van der Waals surface area contributed by atoms with Gasteiger partial charge in [-0.25, -0.2) is 14.4 Å². The van der Waals surface area contributed by atoms with E-state index in [1.807, 2.05) is 12.1 Å². The van der Waals surface area contributed by atoms with Crippen LogP contribution in [0.15, 0.2) is 54.9 Å². The van der Waals surface area contributed by atoms with E-state index in [1.54, 1.807) is 24.3 Å². The van der Waals surface area contributed by atoms with Crippen LogP contribution in [0.3, 0.4) is 0 Å². The van der Waals surface area contributed by atoms with E-state index in [1.165, 1.54) is 18.5 Å². The molecular weight excluding hydrogens is 373 g/mol. The average molecular weight is 388 g/mol. The van der Waals surface area contributed by atoms with E-state index in [9.17, 15) is 14.5 Å². The van der Waals surface area contributed by atoms with E-state index in [-0.39, 0.29) is 29.7 Å². The van der Waals surface area contributed by atoms with E-state index in [2.05, 4.69) is 20.6 Å². The first-order valence-electron chi connectivity index (χ1n) is 7.99. The van der Waals surface area contributed by atoms with Crippen molar-refractivity contribution in [2.75, 3.05) is 10.6 Å². The van der Waals surface area contributed by atoms with Gasteiger partial charge in [-0.05, 0) is 35.4 Å². The minimum absolute atomic E-state index is 0.0814. The number of hydrogen-bond acceptors (Lipinski definition) is 6. The van der Waals surface area contributed by atoms with Gasteiger partial charge in [0.1, 0.15) is 12.1 Å². The predicted molar refractivity (Wildman–Crippen MR) is 101 cm³/mol. The Morgan fingerprint density at radius 2 is 1.41 bits per heavy atom. The Labute approximate surface area is 159 Å². The molecule has 0 unspecified atom stereocenters. The summed E-state index contributed by atoms with van der Waals surface area (Å²) in [7, 11) is 0. The zero-order valence-electron chi connectivity index (χ0n) is 14.0. The molecule has 0 aliphatic carbocycles. The second-order valence-electron chi connectivity index (χ2n) is 5.64. The summed E-state index contributed by atoms with van der Waals surface area (Å²) < 4.78 is 13.0. The van der Waals surface area contributed by atoms with Gasteiger partial charge in [-0.1, -0.05) is 35.9 Å². The number of nitrogens with one attached hydrogen (secondary N) is 2. The van der Waals surface area contributed by atoms with Crippen LogP contribution >= 0.6 is 11.6 Å². The van der Waals surface area contributed by atoms with Gasteiger partial charge in [0, 0.05) is 18.1 Å². The van der Waals surface area contributed by atoms with Crippen molar-refractivity contribution in [3.05, 3.63) is 86.9 Å². The molecule has 27 heavy (non-hydrogen) atoms. The molecule has 0 radical (unpaired) electrons. The Morgan fingerprint density at radius 3 is 1.89 bits per heavy atom. The lowest BCUT2D eigenvalue weighted by molar-refractivity contribution is -0.383. The van der Waals surface area contributed by atoms with Crippen LogP contribution in [0.5, 0.6) is 0 Å². The van der Waals surface area contributed by atoms with Crippen molar-refractivity contribution in [2.24, 2.45) is 0 Å². The summed E-state index contributed by atoms with van der Waals surface area (Å²) in [6, 6.07) is 12.9. The van der Waals surface area contributed by atoms with Gasteiger partial charge in [0.05, 0.1) is 4.92 Å². The van der Waals surface area contributed by atoms with Gasteiger partial charge in [-0.2, -0.15) is 0 Å². The summed E-state index contributed by atoms with van der Waals surface area (Å²) in [4.78, 5) is 18.9. The fourth-order valence-electron chi connectivity index (χ4n) is 2.39. The number of hydrogen-bond donors (Lipinski definition) is 2. The van der Waals surface area contributed by atoms with Crippen LogP contribution in [0.25, 0.3) is 0 Å². The van der Waals surface area contributed by atoms with Crippen molar-refractivity contribution < 1.29 is 9.31 Å². The highest BCUT2D eigenvalue weighted by atomic mass is 35.5. The summed E-state index contributed by atoms with van der Waals surface area (Å²) in [6.45, 7) is 0.598. The van der Waals surface area contributed by atoms with Crippen molar-refractivity contribution >= 4 is 28.9 Å². The van der Waals surface area contributed by atoms with Gasteiger partial charge in [-0.15, -0.1) is 0 Å². The number of nitro groups is 1.